The zero-order valence-corrected chi connectivity index (χ0v) is 27.3. The number of aromatic amines is 2. The molecule has 1 aliphatic heterocycles. The van der Waals surface area contributed by atoms with Crippen LogP contribution in [0.5, 0.6) is 0 Å². The maximum absolute atomic E-state index is 14.9. The number of H-pyrrole nitrogens is 2. The first-order valence-corrected chi connectivity index (χ1v) is 16.8. The van der Waals surface area contributed by atoms with Gasteiger partial charge in [0.05, 0.1) is 28.6 Å². The normalized spacial score (nSPS) is 14.4. The van der Waals surface area contributed by atoms with Crippen LogP contribution in [0.25, 0.3) is 50.3 Å². The molecule has 0 atom stereocenters. The van der Waals surface area contributed by atoms with Gasteiger partial charge in [-0.25, -0.2) is 9.37 Å². The smallest absolute Gasteiger partial charge is 0.159 e. The number of benzene rings is 2. The van der Waals surface area contributed by atoms with Crippen LogP contribution < -0.4 is 0 Å². The van der Waals surface area contributed by atoms with Gasteiger partial charge in [-0.3, -0.25) is 15.1 Å². The molecule has 0 amide bonds. The van der Waals surface area contributed by atoms with Crippen molar-refractivity contribution in [1.29, 1.82) is 0 Å². The first kappa shape index (κ1) is 31.4. The van der Waals surface area contributed by atoms with Crippen molar-refractivity contribution in [2.45, 2.75) is 45.4 Å². The molecule has 0 saturated carbocycles. The third-order valence-electron chi connectivity index (χ3n) is 9.20. The molecule has 1 aliphatic rings. The second-order valence-electron chi connectivity index (χ2n) is 12.5. The van der Waals surface area contributed by atoms with Crippen molar-refractivity contribution in [3.8, 4) is 22.8 Å². The Labute approximate surface area is 280 Å². The number of aromatic nitrogens is 6. The third-order valence-corrected chi connectivity index (χ3v) is 9.20. The third kappa shape index (κ3) is 6.89. The van der Waals surface area contributed by atoms with E-state index in [1.807, 2.05) is 37.4 Å². The van der Waals surface area contributed by atoms with E-state index in [0.717, 1.165) is 76.6 Å². The number of nitrogens with zero attached hydrogens (tertiary/aromatic N) is 5. The van der Waals surface area contributed by atoms with Crippen LogP contribution in [0, 0.1) is 5.82 Å². The number of nitrogens with one attached hydrogen (secondary N) is 2. The van der Waals surface area contributed by atoms with E-state index in [1.54, 1.807) is 18.3 Å². The molecular formula is C40H40FN7. The largest absolute Gasteiger partial charge is 0.336 e. The molecule has 0 unspecified atom stereocenters. The van der Waals surface area contributed by atoms with E-state index in [1.165, 1.54) is 31.5 Å². The van der Waals surface area contributed by atoms with Gasteiger partial charge in [-0.05, 0) is 124 Å². The van der Waals surface area contributed by atoms with Gasteiger partial charge in [0.25, 0.3) is 0 Å². The summed E-state index contributed by atoms with van der Waals surface area (Å²) in [5.74, 6) is 0.349. The number of fused-ring (bicyclic) bond motifs is 2. The number of allylic oxidation sites excluding steroid dienone is 5. The minimum Gasteiger partial charge on any atom is -0.336 e. The van der Waals surface area contributed by atoms with Crippen molar-refractivity contribution >= 4 is 27.5 Å². The highest BCUT2D eigenvalue weighted by Crippen LogP contribution is 2.32. The van der Waals surface area contributed by atoms with Crippen molar-refractivity contribution in [2.24, 2.45) is 0 Å². The Balaban J connectivity index is 1.16. The number of pyridine rings is 2. The summed E-state index contributed by atoms with van der Waals surface area (Å²) in [6.07, 6.45) is 15.9. The Morgan fingerprint density at radius 2 is 1.81 bits per heavy atom. The van der Waals surface area contributed by atoms with E-state index >= 15 is 0 Å². The fourth-order valence-corrected chi connectivity index (χ4v) is 6.63. The molecule has 1 fully saturated rings. The van der Waals surface area contributed by atoms with E-state index in [9.17, 15) is 4.39 Å². The van der Waals surface area contributed by atoms with Crippen LogP contribution in [0.15, 0.2) is 103 Å². The Bertz CT molecular complexity index is 2120. The molecule has 0 aliphatic carbocycles. The van der Waals surface area contributed by atoms with Gasteiger partial charge in [-0.15, -0.1) is 0 Å². The van der Waals surface area contributed by atoms with Crippen LogP contribution in [0.1, 0.15) is 49.4 Å². The predicted molar refractivity (Wildman–Crippen MR) is 193 cm³/mol. The average molecular weight is 638 g/mol. The van der Waals surface area contributed by atoms with Crippen LogP contribution in [0.3, 0.4) is 0 Å². The van der Waals surface area contributed by atoms with Gasteiger partial charge < -0.3 is 9.88 Å². The lowest BCUT2D eigenvalue weighted by molar-refractivity contribution is 0.334. The number of likely N-dealkylation sites (tertiary alicyclic amines) is 1. The second kappa shape index (κ2) is 14.3. The van der Waals surface area contributed by atoms with Crippen molar-refractivity contribution < 1.29 is 4.39 Å². The molecule has 0 bridgehead atoms. The molecule has 0 spiro atoms. The van der Waals surface area contributed by atoms with E-state index in [4.69, 9.17) is 9.97 Å². The van der Waals surface area contributed by atoms with Gasteiger partial charge in [-0.1, -0.05) is 49.1 Å². The summed E-state index contributed by atoms with van der Waals surface area (Å²) in [5.41, 5.74) is 9.61. The van der Waals surface area contributed by atoms with Gasteiger partial charge in [-0.2, -0.15) is 5.10 Å². The van der Waals surface area contributed by atoms with Gasteiger partial charge in [0.15, 0.2) is 5.82 Å². The lowest BCUT2D eigenvalue weighted by atomic mass is 10.0. The van der Waals surface area contributed by atoms with Crippen LogP contribution in [0.4, 0.5) is 4.39 Å². The summed E-state index contributed by atoms with van der Waals surface area (Å²) in [6.45, 7) is 9.47. The number of hydrogen-bond donors (Lipinski definition) is 2. The Kier molecular flexibility index (Phi) is 9.34. The summed E-state index contributed by atoms with van der Waals surface area (Å²) in [5, 5.41) is 8.64. The second-order valence-corrected chi connectivity index (χ2v) is 12.5. The highest BCUT2D eigenvalue weighted by Gasteiger charge is 2.18. The first-order chi connectivity index (χ1) is 23.6. The molecule has 7 rings (SSSR count). The fraction of sp³-hybridized carbons (Fsp3) is 0.250. The molecular weight excluding hydrogens is 597 g/mol. The van der Waals surface area contributed by atoms with E-state index in [-0.39, 0.29) is 5.82 Å². The number of hydrogen-bond acceptors (Lipinski definition) is 5. The predicted octanol–water partition coefficient (Wildman–Crippen LogP) is 8.88. The topological polar surface area (TPSA) is 86.4 Å². The maximum atomic E-state index is 14.9. The summed E-state index contributed by atoms with van der Waals surface area (Å²) >= 11 is 0. The summed E-state index contributed by atoms with van der Waals surface area (Å²) < 4.78 is 14.9. The van der Waals surface area contributed by atoms with E-state index < -0.39 is 0 Å². The van der Waals surface area contributed by atoms with Gasteiger partial charge in [0, 0.05) is 17.1 Å². The summed E-state index contributed by atoms with van der Waals surface area (Å²) in [6, 6.07) is 19.7. The highest BCUT2D eigenvalue weighted by atomic mass is 19.1. The monoisotopic (exact) mass is 637 g/mol. The van der Waals surface area contributed by atoms with E-state index in [0.29, 0.717) is 22.7 Å². The van der Waals surface area contributed by atoms with Crippen molar-refractivity contribution in [2.75, 3.05) is 19.6 Å². The Hall–Kier alpha value is -5.21. The highest BCUT2D eigenvalue weighted by molar-refractivity contribution is 5.97. The molecule has 0 radical (unpaired) electrons. The fourth-order valence-electron chi connectivity index (χ4n) is 6.63. The van der Waals surface area contributed by atoms with Gasteiger partial charge in [0.1, 0.15) is 17.0 Å². The molecule has 8 heteroatoms. The standard InChI is InChI=1S/C40H40FN7/c1-3-27(14-15-28-11-6-5-7-12-28)21-30(4-2)35-25-33-36(26-43-35)46-47-38(33)40-44-34-16-17-42-37(39(34)45-40)31-22-29(23-32(41)24-31)13-10-20-48-18-8-9-19-48/h3-7,11-12,16-17,21-26H,1,8-10,13-15,18-20H2,2H3,(H,44,45)(H,46,47)/b27-21+,30-4+. The van der Waals surface area contributed by atoms with Crippen LogP contribution in [-0.2, 0) is 12.8 Å². The number of rotatable bonds is 12. The molecule has 6 aromatic rings. The quantitative estimate of drug-likeness (QED) is 0.131. The molecule has 7 nitrogen and oxygen atoms in total. The van der Waals surface area contributed by atoms with Crippen LogP contribution in [0.2, 0.25) is 0 Å². The molecule has 5 heterocycles. The molecule has 48 heavy (non-hydrogen) atoms. The zero-order valence-electron chi connectivity index (χ0n) is 27.3. The average Bonchev–Trinajstić information content (AvgIpc) is 3.88. The number of halogens is 1. The van der Waals surface area contributed by atoms with Gasteiger partial charge >= 0.3 is 0 Å². The van der Waals surface area contributed by atoms with Crippen molar-refractivity contribution in [3.63, 3.8) is 0 Å². The summed E-state index contributed by atoms with van der Waals surface area (Å²) in [7, 11) is 0. The Morgan fingerprint density at radius 3 is 2.62 bits per heavy atom. The van der Waals surface area contributed by atoms with Crippen molar-refractivity contribution in [1.82, 2.24) is 35.0 Å². The van der Waals surface area contributed by atoms with Crippen molar-refractivity contribution in [3.05, 3.63) is 126 Å². The van der Waals surface area contributed by atoms with E-state index in [2.05, 4.69) is 74.1 Å². The molecule has 2 aromatic carbocycles. The zero-order chi connectivity index (χ0) is 32.9. The lowest BCUT2D eigenvalue weighted by Gasteiger charge is -2.14. The molecule has 242 valence electrons. The molecule has 1 saturated heterocycles. The summed E-state index contributed by atoms with van der Waals surface area (Å²) in [4.78, 5) is 20.3. The SMILES string of the molecule is C=C/C(=C\C(=C/C)c1cc2c(-c3nc4c(-c5cc(F)cc(CCCN6CCCC6)c5)nccc4[nH]3)n[nH]c2cn1)CCc1ccccc1. The minimum atomic E-state index is -0.259. The van der Waals surface area contributed by atoms with Gasteiger partial charge in [0.2, 0.25) is 0 Å². The number of imidazole rings is 1. The minimum absolute atomic E-state index is 0.259. The lowest BCUT2D eigenvalue weighted by Crippen LogP contribution is -2.20. The molecule has 2 N–H and O–H groups in total. The van der Waals surface area contributed by atoms with Crippen LogP contribution >= 0.6 is 0 Å². The number of aryl methyl sites for hydroxylation is 2. The maximum Gasteiger partial charge on any atom is 0.159 e. The Morgan fingerprint density at radius 1 is 0.958 bits per heavy atom. The first-order valence-electron chi connectivity index (χ1n) is 16.8. The molecule has 4 aromatic heterocycles. The van der Waals surface area contributed by atoms with Crippen LogP contribution in [-0.4, -0.2) is 54.7 Å².